The molecule has 0 spiro atoms. The summed E-state index contributed by atoms with van der Waals surface area (Å²) in [5.74, 6) is 2.12. The molecule has 0 aliphatic rings. The van der Waals surface area contributed by atoms with Crippen molar-refractivity contribution in [2.75, 3.05) is 13.7 Å². The minimum atomic E-state index is -0.166. The van der Waals surface area contributed by atoms with Crippen LogP contribution in [-0.2, 0) is 0 Å². The van der Waals surface area contributed by atoms with Gasteiger partial charge in [0, 0.05) is 5.56 Å². The lowest BCUT2D eigenvalue weighted by Gasteiger charge is -2.04. The van der Waals surface area contributed by atoms with E-state index >= 15 is 0 Å². The maximum Gasteiger partial charge on any atom is 0.291 e. The molecule has 148 valence electrons. The smallest absolute Gasteiger partial charge is 0.291 e. The molecule has 4 rings (SSSR count). The Morgan fingerprint density at radius 2 is 1.79 bits per heavy atom. The molecule has 0 atom stereocenters. The summed E-state index contributed by atoms with van der Waals surface area (Å²) in [4.78, 5) is 17.8. The molecule has 2 aromatic heterocycles. The molecule has 0 radical (unpaired) electrons. The second-order valence-electron chi connectivity index (χ2n) is 6.55. The average molecular weight is 407 g/mol. The van der Waals surface area contributed by atoms with Gasteiger partial charge in [-0.1, -0.05) is 36.8 Å². The Balaban J connectivity index is 1.59. The van der Waals surface area contributed by atoms with Gasteiger partial charge in [0.2, 0.25) is 4.96 Å². The minimum Gasteiger partial charge on any atom is -0.497 e. The van der Waals surface area contributed by atoms with Crippen molar-refractivity contribution in [3.05, 3.63) is 69.0 Å². The zero-order valence-corrected chi connectivity index (χ0v) is 17.1. The minimum absolute atomic E-state index is 0.166. The zero-order valence-electron chi connectivity index (χ0n) is 16.3. The maximum absolute atomic E-state index is 12.7. The van der Waals surface area contributed by atoms with E-state index in [4.69, 9.17) is 9.47 Å². The molecule has 0 saturated carbocycles. The topological polar surface area (TPSA) is 65.7 Å². The fraction of sp³-hybridized carbons (Fsp3) is 0.227. The van der Waals surface area contributed by atoms with Gasteiger partial charge < -0.3 is 9.47 Å². The average Bonchev–Trinajstić information content (AvgIpc) is 3.29. The fourth-order valence-electron chi connectivity index (χ4n) is 2.84. The number of rotatable bonds is 7. The maximum atomic E-state index is 12.7. The van der Waals surface area contributed by atoms with Gasteiger partial charge in [0.15, 0.2) is 5.82 Å². The number of unbranched alkanes of at least 4 members (excludes halogenated alkanes) is 1. The van der Waals surface area contributed by atoms with Gasteiger partial charge in [-0.15, -0.1) is 5.10 Å². The number of fused-ring (bicyclic) bond motifs is 1. The normalized spacial score (nSPS) is 11.9. The van der Waals surface area contributed by atoms with Crippen LogP contribution in [0.2, 0.25) is 0 Å². The fourth-order valence-corrected chi connectivity index (χ4v) is 3.75. The Kier molecular flexibility index (Phi) is 5.57. The predicted octanol–water partition coefficient (Wildman–Crippen LogP) is 3.55. The molecule has 29 heavy (non-hydrogen) atoms. The zero-order chi connectivity index (χ0) is 20.2. The second kappa shape index (κ2) is 8.45. The van der Waals surface area contributed by atoms with Gasteiger partial charge in [-0.2, -0.15) is 9.50 Å². The molecular formula is C22H21N3O3S. The SMILES string of the molecule is CCCCOc1ccc(/C=c2\sc3nc(-c4ccc(OC)cc4)nn3c2=O)cc1. The number of thiazole rings is 1. The Morgan fingerprint density at radius 1 is 1.07 bits per heavy atom. The molecule has 0 fully saturated rings. The highest BCUT2D eigenvalue weighted by Crippen LogP contribution is 2.20. The number of benzene rings is 2. The van der Waals surface area contributed by atoms with Gasteiger partial charge in [-0.3, -0.25) is 4.79 Å². The van der Waals surface area contributed by atoms with Crippen molar-refractivity contribution in [1.29, 1.82) is 0 Å². The summed E-state index contributed by atoms with van der Waals surface area (Å²) >= 11 is 1.33. The van der Waals surface area contributed by atoms with Crippen molar-refractivity contribution in [1.82, 2.24) is 14.6 Å². The lowest BCUT2D eigenvalue weighted by Crippen LogP contribution is -2.23. The van der Waals surface area contributed by atoms with Crippen LogP contribution in [0.1, 0.15) is 25.3 Å². The standard InChI is InChI=1S/C22H21N3O3S/c1-3-4-13-28-18-9-5-15(6-10-18)14-19-21(26)25-22(29-19)23-20(24-25)16-7-11-17(27-2)12-8-16/h5-12,14H,3-4,13H2,1-2H3/b19-14-. The summed E-state index contributed by atoms with van der Waals surface area (Å²) in [7, 11) is 1.62. The van der Waals surface area contributed by atoms with E-state index in [1.165, 1.54) is 15.9 Å². The number of hydrogen-bond donors (Lipinski definition) is 0. The Morgan fingerprint density at radius 3 is 2.45 bits per heavy atom. The van der Waals surface area contributed by atoms with Crippen LogP contribution in [0.4, 0.5) is 0 Å². The van der Waals surface area contributed by atoms with Crippen LogP contribution in [-0.4, -0.2) is 28.3 Å². The van der Waals surface area contributed by atoms with Crippen molar-refractivity contribution in [3.8, 4) is 22.9 Å². The summed E-state index contributed by atoms with van der Waals surface area (Å²) in [5.41, 5.74) is 1.61. The van der Waals surface area contributed by atoms with E-state index in [1.807, 2.05) is 54.6 Å². The van der Waals surface area contributed by atoms with Crippen LogP contribution in [0.5, 0.6) is 11.5 Å². The van der Waals surface area contributed by atoms with Crippen LogP contribution < -0.4 is 19.6 Å². The van der Waals surface area contributed by atoms with Crippen LogP contribution in [0.25, 0.3) is 22.4 Å². The number of methoxy groups -OCH3 is 1. The Hall–Kier alpha value is -3.19. The molecule has 2 aromatic carbocycles. The number of ether oxygens (including phenoxy) is 2. The van der Waals surface area contributed by atoms with Gasteiger partial charge in [-0.05, 0) is 54.5 Å². The van der Waals surface area contributed by atoms with Gasteiger partial charge >= 0.3 is 0 Å². The molecule has 7 heteroatoms. The van der Waals surface area contributed by atoms with Crippen molar-refractivity contribution in [2.45, 2.75) is 19.8 Å². The molecule has 0 amide bonds. The van der Waals surface area contributed by atoms with E-state index in [2.05, 4.69) is 17.0 Å². The number of nitrogens with zero attached hydrogens (tertiary/aromatic N) is 3. The molecule has 0 aliphatic heterocycles. The third kappa shape index (κ3) is 4.14. The lowest BCUT2D eigenvalue weighted by molar-refractivity contribution is 0.309. The second-order valence-corrected chi connectivity index (χ2v) is 7.55. The summed E-state index contributed by atoms with van der Waals surface area (Å²) < 4.78 is 12.8. The van der Waals surface area contributed by atoms with Gasteiger partial charge in [0.05, 0.1) is 18.2 Å². The molecule has 0 saturated heterocycles. The Labute approximate surface area is 172 Å². The van der Waals surface area contributed by atoms with E-state index in [0.29, 0.717) is 21.9 Å². The number of hydrogen-bond acceptors (Lipinski definition) is 6. The first kappa shape index (κ1) is 19.1. The van der Waals surface area contributed by atoms with Crippen molar-refractivity contribution in [2.24, 2.45) is 0 Å². The van der Waals surface area contributed by atoms with Crippen molar-refractivity contribution in [3.63, 3.8) is 0 Å². The highest BCUT2D eigenvalue weighted by molar-refractivity contribution is 7.15. The summed E-state index contributed by atoms with van der Waals surface area (Å²) in [5, 5.41) is 4.38. The molecule has 2 heterocycles. The first-order valence-corrected chi connectivity index (χ1v) is 10.3. The molecule has 0 aliphatic carbocycles. The first-order chi connectivity index (χ1) is 14.2. The van der Waals surface area contributed by atoms with Gasteiger partial charge in [-0.25, -0.2) is 0 Å². The van der Waals surface area contributed by atoms with Crippen LogP contribution in [0.3, 0.4) is 0 Å². The summed E-state index contributed by atoms with van der Waals surface area (Å²) in [6.07, 6.45) is 3.99. The molecule has 0 bridgehead atoms. The van der Waals surface area contributed by atoms with E-state index in [9.17, 15) is 4.79 Å². The van der Waals surface area contributed by atoms with E-state index < -0.39 is 0 Å². The lowest BCUT2D eigenvalue weighted by atomic mass is 10.2. The van der Waals surface area contributed by atoms with Crippen molar-refractivity contribution < 1.29 is 9.47 Å². The first-order valence-electron chi connectivity index (χ1n) is 9.46. The molecule has 0 unspecified atom stereocenters. The third-order valence-corrected chi connectivity index (χ3v) is 5.43. The Bertz CT molecular complexity index is 1210. The van der Waals surface area contributed by atoms with Gasteiger partial charge in [0.25, 0.3) is 5.56 Å². The van der Waals surface area contributed by atoms with Gasteiger partial charge in [0.1, 0.15) is 11.5 Å². The van der Waals surface area contributed by atoms with E-state index in [0.717, 1.165) is 35.5 Å². The predicted molar refractivity (Wildman–Crippen MR) is 115 cm³/mol. The van der Waals surface area contributed by atoms with E-state index in [-0.39, 0.29) is 5.56 Å². The quantitative estimate of drug-likeness (QED) is 0.438. The summed E-state index contributed by atoms with van der Waals surface area (Å²) in [6.45, 7) is 2.85. The highest BCUT2D eigenvalue weighted by atomic mass is 32.1. The van der Waals surface area contributed by atoms with E-state index in [1.54, 1.807) is 7.11 Å². The molecular weight excluding hydrogens is 386 g/mol. The monoisotopic (exact) mass is 407 g/mol. The number of aromatic nitrogens is 3. The van der Waals surface area contributed by atoms with Crippen LogP contribution >= 0.6 is 11.3 Å². The van der Waals surface area contributed by atoms with Crippen molar-refractivity contribution >= 4 is 22.4 Å². The summed E-state index contributed by atoms with van der Waals surface area (Å²) in [6, 6.07) is 15.2. The van der Waals surface area contributed by atoms with Crippen LogP contribution in [0, 0.1) is 0 Å². The largest absolute Gasteiger partial charge is 0.497 e. The van der Waals surface area contributed by atoms with Crippen LogP contribution in [0.15, 0.2) is 53.3 Å². The highest BCUT2D eigenvalue weighted by Gasteiger charge is 2.12. The third-order valence-electron chi connectivity index (χ3n) is 4.47. The molecule has 0 N–H and O–H groups in total. The molecule has 4 aromatic rings. The molecule has 6 nitrogen and oxygen atoms in total.